The highest BCUT2D eigenvalue weighted by Gasteiger charge is 2.27. The van der Waals surface area contributed by atoms with Crippen molar-refractivity contribution in [3.05, 3.63) is 88.7 Å². The molecule has 0 fully saturated rings. The number of nitrogen functional groups attached to an aromatic ring is 1. The van der Waals surface area contributed by atoms with E-state index in [0.717, 1.165) is 6.07 Å². The van der Waals surface area contributed by atoms with Gasteiger partial charge in [-0.05, 0) is 42.5 Å². The number of benzene rings is 3. The van der Waals surface area contributed by atoms with Crippen LogP contribution in [-0.2, 0) is 9.59 Å². The number of carboxylic acid groups (broad SMARTS) is 1. The number of nitrogens with two attached hydrogens (primary N) is 1. The molecule has 13 nitrogen and oxygen atoms in total. The van der Waals surface area contributed by atoms with Gasteiger partial charge in [-0.25, -0.2) is 9.18 Å². The van der Waals surface area contributed by atoms with Gasteiger partial charge in [-0.2, -0.15) is 0 Å². The Kier molecular flexibility index (Phi) is 10.0. The zero-order valence-electron chi connectivity index (χ0n) is 22.9. The minimum Gasteiger partial charge on any atom is -0.493 e. The molecular weight excluding hydrogens is 551 g/mol. The molecule has 1 atom stereocenters. The van der Waals surface area contributed by atoms with Crippen molar-refractivity contribution in [2.45, 2.75) is 6.04 Å². The average Bonchev–Trinajstić information content (AvgIpc) is 2.97. The number of amides is 3. The van der Waals surface area contributed by atoms with E-state index in [2.05, 4.69) is 16.2 Å². The standard InChI is InChI=1S/C28H29FN6O7/c1-35(2)23(36)14-42-22-13-20(29)19(12-21(22)41-3)24(32-16-10-8-15(9-11-16)25(30)31)27(38)34-33-26(37)17-6-4-5-7-18(17)28(39)40/h4-13,24,32H,14H2,1-3H3,(H3,30,31)(H,33,37)(H,34,38)(H,39,40). The summed E-state index contributed by atoms with van der Waals surface area (Å²) in [6, 6.07) is 12.1. The highest BCUT2D eigenvalue weighted by molar-refractivity contribution is 6.05. The van der Waals surface area contributed by atoms with Crippen molar-refractivity contribution in [3.63, 3.8) is 0 Å². The number of amidine groups is 1. The van der Waals surface area contributed by atoms with Crippen LogP contribution in [0.5, 0.6) is 11.5 Å². The molecule has 0 aliphatic rings. The maximum absolute atomic E-state index is 15.5. The molecule has 0 aromatic heterocycles. The van der Waals surface area contributed by atoms with Crippen LogP contribution in [0.2, 0.25) is 0 Å². The van der Waals surface area contributed by atoms with E-state index in [1.807, 2.05) is 0 Å². The Labute approximate surface area is 239 Å². The van der Waals surface area contributed by atoms with Crippen LogP contribution in [0, 0.1) is 11.2 Å². The Morgan fingerprint density at radius 1 is 1.00 bits per heavy atom. The number of hydrogen-bond acceptors (Lipinski definition) is 8. The molecule has 0 aliphatic carbocycles. The molecule has 0 saturated carbocycles. The normalized spacial score (nSPS) is 11.0. The number of aromatic carboxylic acids is 1. The number of nitrogens with zero attached hydrogens (tertiary/aromatic N) is 1. The highest BCUT2D eigenvalue weighted by atomic mass is 19.1. The van der Waals surface area contributed by atoms with Gasteiger partial charge in [-0.15, -0.1) is 0 Å². The van der Waals surface area contributed by atoms with E-state index in [1.165, 1.54) is 80.7 Å². The van der Waals surface area contributed by atoms with E-state index in [0.29, 0.717) is 11.3 Å². The third-order valence-corrected chi connectivity index (χ3v) is 5.91. The first kappa shape index (κ1) is 30.9. The van der Waals surface area contributed by atoms with Crippen molar-refractivity contribution < 1.29 is 38.1 Å². The molecule has 7 N–H and O–H groups in total. The molecule has 3 amide bonds. The predicted molar refractivity (Wildman–Crippen MR) is 150 cm³/mol. The average molecular weight is 581 g/mol. The van der Waals surface area contributed by atoms with Crippen LogP contribution >= 0.6 is 0 Å². The van der Waals surface area contributed by atoms with Crippen molar-refractivity contribution in [2.24, 2.45) is 5.73 Å². The number of hydrazine groups is 1. The SMILES string of the molecule is COc1cc(C(Nc2ccc(C(=N)N)cc2)C(=O)NNC(=O)c2ccccc2C(=O)O)c(F)cc1OCC(=O)N(C)C. The summed E-state index contributed by atoms with van der Waals surface area (Å²) in [4.78, 5) is 50.8. The molecule has 42 heavy (non-hydrogen) atoms. The molecule has 0 heterocycles. The fraction of sp³-hybridized carbons (Fsp3) is 0.179. The topological polar surface area (TPSA) is 196 Å². The Morgan fingerprint density at radius 3 is 2.21 bits per heavy atom. The first-order chi connectivity index (χ1) is 19.9. The molecular formula is C28H29FN6O7. The van der Waals surface area contributed by atoms with Crippen molar-refractivity contribution in [1.29, 1.82) is 5.41 Å². The summed E-state index contributed by atoms with van der Waals surface area (Å²) in [6.07, 6.45) is 0. The lowest BCUT2D eigenvalue weighted by Gasteiger charge is -2.22. The summed E-state index contributed by atoms with van der Waals surface area (Å²) in [5, 5.41) is 19.8. The van der Waals surface area contributed by atoms with Gasteiger partial charge in [-0.3, -0.25) is 30.6 Å². The lowest BCUT2D eigenvalue weighted by atomic mass is 10.0. The van der Waals surface area contributed by atoms with Gasteiger partial charge in [0.15, 0.2) is 18.1 Å². The van der Waals surface area contributed by atoms with E-state index in [9.17, 15) is 24.3 Å². The zero-order valence-corrected chi connectivity index (χ0v) is 22.9. The lowest BCUT2D eigenvalue weighted by Crippen LogP contribution is -2.46. The van der Waals surface area contributed by atoms with Gasteiger partial charge in [0, 0.05) is 37.0 Å². The van der Waals surface area contributed by atoms with E-state index in [1.54, 1.807) is 0 Å². The molecule has 3 rings (SSSR count). The Hall–Kier alpha value is -5.66. The molecule has 220 valence electrons. The predicted octanol–water partition coefficient (Wildman–Crippen LogP) is 1.90. The summed E-state index contributed by atoms with van der Waals surface area (Å²) < 4.78 is 26.2. The Morgan fingerprint density at radius 2 is 1.64 bits per heavy atom. The first-order valence-electron chi connectivity index (χ1n) is 12.3. The van der Waals surface area contributed by atoms with Crippen molar-refractivity contribution >= 4 is 35.2 Å². The molecule has 3 aromatic rings. The highest BCUT2D eigenvalue weighted by Crippen LogP contribution is 2.34. The number of ether oxygens (including phenoxy) is 2. The lowest BCUT2D eigenvalue weighted by molar-refractivity contribution is -0.130. The Bertz CT molecular complexity index is 1510. The van der Waals surface area contributed by atoms with Crippen molar-refractivity contribution in [1.82, 2.24) is 15.8 Å². The molecule has 0 aliphatic heterocycles. The quantitative estimate of drug-likeness (QED) is 0.111. The second-order valence-corrected chi connectivity index (χ2v) is 8.96. The number of likely N-dealkylation sites (N-methyl/N-ethyl adjacent to an activating group) is 1. The second kappa shape index (κ2) is 13.6. The van der Waals surface area contributed by atoms with E-state index in [4.69, 9.17) is 20.6 Å². The molecule has 0 radical (unpaired) electrons. The number of hydrogen-bond donors (Lipinski definition) is 6. The maximum atomic E-state index is 15.5. The van der Waals surface area contributed by atoms with Gasteiger partial charge in [0.2, 0.25) is 0 Å². The second-order valence-electron chi connectivity index (χ2n) is 8.96. The smallest absolute Gasteiger partial charge is 0.336 e. The maximum Gasteiger partial charge on any atom is 0.336 e. The number of anilines is 1. The van der Waals surface area contributed by atoms with Crippen LogP contribution in [0.3, 0.4) is 0 Å². The fourth-order valence-corrected chi connectivity index (χ4v) is 3.64. The summed E-state index contributed by atoms with van der Waals surface area (Å²) in [5.74, 6) is -4.72. The summed E-state index contributed by atoms with van der Waals surface area (Å²) in [5.41, 5.74) is 9.86. The van der Waals surface area contributed by atoms with Gasteiger partial charge >= 0.3 is 5.97 Å². The van der Waals surface area contributed by atoms with E-state index < -0.39 is 36.2 Å². The molecule has 0 bridgehead atoms. The third kappa shape index (κ3) is 7.50. The molecule has 1 unspecified atom stereocenters. The Balaban J connectivity index is 1.94. The van der Waals surface area contributed by atoms with Crippen molar-refractivity contribution in [2.75, 3.05) is 33.1 Å². The van der Waals surface area contributed by atoms with Gasteiger partial charge in [0.25, 0.3) is 17.7 Å². The van der Waals surface area contributed by atoms with Gasteiger partial charge in [-0.1, -0.05) is 12.1 Å². The fourth-order valence-electron chi connectivity index (χ4n) is 3.64. The van der Waals surface area contributed by atoms with E-state index in [-0.39, 0.29) is 39.9 Å². The summed E-state index contributed by atoms with van der Waals surface area (Å²) in [7, 11) is 4.35. The first-order valence-corrected chi connectivity index (χ1v) is 12.3. The van der Waals surface area contributed by atoms with Crippen LogP contribution in [0.1, 0.15) is 37.9 Å². The number of carboxylic acids is 1. The number of halogens is 1. The summed E-state index contributed by atoms with van der Waals surface area (Å²) in [6.45, 7) is -0.392. The van der Waals surface area contributed by atoms with Gasteiger partial charge in [0.05, 0.1) is 18.2 Å². The monoisotopic (exact) mass is 580 g/mol. The third-order valence-electron chi connectivity index (χ3n) is 5.91. The number of nitrogens with one attached hydrogen (secondary N) is 4. The minimum atomic E-state index is -1.48. The van der Waals surface area contributed by atoms with Crippen molar-refractivity contribution in [3.8, 4) is 11.5 Å². The van der Waals surface area contributed by atoms with Gasteiger partial charge in [0.1, 0.15) is 17.7 Å². The number of rotatable bonds is 11. The zero-order chi connectivity index (χ0) is 31.0. The number of carbonyl (C=O) groups excluding carboxylic acids is 3. The van der Waals surface area contributed by atoms with Gasteiger partial charge < -0.3 is 30.5 Å². The molecule has 0 saturated heterocycles. The largest absolute Gasteiger partial charge is 0.493 e. The van der Waals surface area contributed by atoms with Crippen LogP contribution < -0.4 is 31.4 Å². The van der Waals surface area contributed by atoms with Crippen LogP contribution in [-0.4, -0.2) is 67.3 Å². The molecule has 0 spiro atoms. The van der Waals surface area contributed by atoms with E-state index >= 15 is 4.39 Å². The molecule has 14 heteroatoms. The van der Waals surface area contributed by atoms with Crippen LogP contribution in [0.4, 0.5) is 10.1 Å². The summed E-state index contributed by atoms with van der Waals surface area (Å²) >= 11 is 0. The van der Waals surface area contributed by atoms with Crippen LogP contribution in [0.25, 0.3) is 0 Å². The minimum absolute atomic E-state index is 0.0175. The number of carbonyl (C=O) groups is 4. The number of methoxy groups -OCH3 is 1. The van der Waals surface area contributed by atoms with Crippen LogP contribution in [0.15, 0.2) is 60.7 Å². The molecule has 3 aromatic carbocycles.